The van der Waals surface area contributed by atoms with E-state index in [1.807, 2.05) is 237 Å². The van der Waals surface area contributed by atoms with Crippen LogP contribution in [0.4, 0.5) is 45.6 Å². The SMILES string of the molecule is Brc1cnc(Br)c2nc(-c3ccccc3)c(-c3ccccc3)nc12.c1ccc(-c2nc3c(N4c5ccccc5Oc5ccccc54)cnc(N4c5ccccc5Oc5ccccc54)c3nc2-c2ccccc2)cc1.c1ccc2c(c1)Nc1ccccc1O2. The zero-order valence-corrected chi connectivity index (χ0v) is 49.8. The Hall–Kier alpha value is -11.1. The summed E-state index contributed by atoms with van der Waals surface area (Å²) in [4.78, 5) is 34.8. The van der Waals surface area contributed by atoms with E-state index in [0.717, 1.165) is 135 Å². The number of ether oxygens (including phenoxy) is 3. The van der Waals surface area contributed by atoms with E-state index >= 15 is 0 Å². The largest absolute Gasteiger partial charge is 0.453 e. The number of nitrogens with zero attached hydrogens (tertiary/aromatic N) is 8. The summed E-state index contributed by atoms with van der Waals surface area (Å²) in [6.07, 6.45) is 3.64. The van der Waals surface area contributed by atoms with Crippen LogP contribution in [0.3, 0.4) is 0 Å². The number of anilines is 8. The molecule has 14 heteroatoms. The molecule has 0 bridgehead atoms. The van der Waals surface area contributed by atoms with Crippen LogP contribution < -0.4 is 29.3 Å². The van der Waals surface area contributed by atoms with Crippen LogP contribution in [0.2, 0.25) is 0 Å². The molecule has 3 aliphatic heterocycles. The number of benzene rings is 10. The quantitative estimate of drug-likeness (QED) is 0.159. The van der Waals surface area contributed by atoms with Crippen LogP contribution in [0.15, 0.2) is 288 Å². The number of pyridine rings is 2. The fourth-order valence-corrected chi connectivity index (χ4v) is 11.7. The monoisotopic (exact) mass is 1270 g/mol. The summed E-state index contributed by atoms with van der Waals surface area (Å²) in [6, 6.07) is 88.6. The molecule has 0 amide bonds. The first-order valence-corrected chi connectivity index (χ1v) is 30.0. The van der Waals surface area contributed by atoms with Crippen LogP contribution in [-0.4, -0.2) is 29.9 Å². The van der Waals surface area contributed by atoms with Crippen molar-refractivity contribution in [3.63, 3.8) is 0 Å². The van der Waals surface area contributed by atoms with Crippen molar-refractivity contribution in [1.82, 2.24) is 29.9 Å². The Kier molecular flexibility index (Phi) is 14.3. The number of rotatable bonds is 6. The second-order valence-electron chi connectivity index (χ2n) is 20.5. The molecule has 4 aromatic heterocycles. The smallest absolute Gasteiger partial charge is 0.166 e. The standard InChI is InChI=1S/C43H27N5O2.C19H11Br2N3.C12H9NO/c1-3-15-28(16-4-1)39-40(29-17-5-2-6-18-29)46-42-41(45-39)34(47-30-19-7-11-23-35(30)49-36-24-12-8-20-31(36)47)27-44-43(42)48-32-21-9-13-25-37(32)50-38-26-14-10-22-33(38)48;20-14-11-22-19(21)18-17(14)23-15(12-7-3-1-4-8-12)16(24-18)13-9-5-2-6-10-13;1-3-7-11-9(5-1)13-10-6-2-4-8-12(10)14-11/h1-27H;1-11H;1-8,13H. The van der Waals surface area contributed by atoms with E-state index in [9.17, 15) is 0 Å². The molecular formula is C74H47Br2N9O3. The molecule has 0 spiro atoms. The average molecular weight is 1270 g/mol. The van der Waals surface area contributed by atoms with Crippen molar-refractivity contribution < 1.29 is 14.2 Å². The number of hydrogen-bond acceptors (Lipinski definition) is 12. The summed E-state index contributed by atoms with van der Waals surface area (Å²) >= 11 is 7.02. The molecule has 420 valence electrons. The molecule has 10 aromatic carbocycles. The fraction of sp³-hybridized carbons (Fsp3) is 0. The van der Waals surface area contributed by atoms with Gasteiger partial charge in [0.2, 0.25) is 0 Å². The molecule has 1 N–H and O–H groups in total. The lowest BCUT2D eigenvalue weighted by atomic mass is 10.0. The van der Waals surface area contributed by atoms with Crippen molar-refractivity contribution in [3.05, 3.63) is 288 Å². The van der Waals surface area contributed by atoms with Gasteiger partial charge in [-0.25, -0.2) is 29.9 Å². The van der Waals surface area contributed by atoms with Crippen molar-refractivity contribution in [2.45, 2.75) is 0 Å². The molecule has 7 heterocycles. The lowest BCUT2D eigenvalue weighted by molar-refractivity contribution is 0.476. The molecule has 0 fully saturated rings. The molecule has 0 saturated heterocycles. The minimum atomic E-state index is 0.645. The molecule has 0 saturated carbocycles. The van der Waals surface area contributed by atoms with Crippen molar-refractivity contribution in [2.75, 3.05) is 15.1 Å². The lowest BCUT2D eigenvalue weighted by Gasteiger charge is -2.34. The van der Waals surface area contributed by atoms with Gasteiger partial charge in [0.05, 0.1) is 73.3 Å². The van der Waals surface area contributed by atoms with Crippen LogP contribution in [0.5, 0.6) is 34.5 Å². The van der Waals surface area contributed by atoms with Crippen LogP contribution in [0, 0.1) is 0 Å². The first kappa shape index (κ1) is 53.7. The molecule has 17 rings (SSSR count). The number of hydrogen-bond donors (Lipinski definition) is 1. The number of halogens is 2. The minimum absolute atomic E-state index is 0.645. The zero-order chi connectivity index (χ0) is 58.9. The van der Waals surface area contributed by atoms with Gasteiger partial charge in [-0.1, -0.05) is 194 Å². The first-order chi connectivity index (χ1) is 43.5. The number of fused-ring (bicyclic) bond motifs is 8. The Balaban J connectivity index is 0.000000140. The van der Waals surface area contributed by atoms with E-state index in [1.165, 1.54) is 0 Å². The molecule has 0 unspecified atom stereocenters. The van der Waals surface area contributed by atoms with E-state index in [4.69, 9.17) is 39.1 Å². The highest BCUT2D eigenvalue weighted by molar-refractivity contribution is 9.11. The maximum absolute atomic E-state index is 6.39. The van der Waals surface area contributed by atoms with E-state index in [1.54, 1.807) is 6.20 Å². The average Bonchev–Trinajstić information content (AvgIpc) is 2.52. The summed E-state index contributed by atoms with van der Waals surface area (Å²) in [5.74, 6) is 5.37. The second-order valence-corrected chi connectivity index (χ2v) is 22.1. The maximum Gasteiger partial charge on any atom is 0.166 e. The first-order valence-electron chi connectivity index (χ1n) is 28.4. The van der Waals surface area contributed by atoms with E-state index in [0.29, 0.717) is 21.5 Å². The number of aromatic nitrogens is 6. The lowest BCUT2D eigenvalue weighted by Crippen LogP contribution is -2.20. The van der Waals surface area contributed by atoms with E-state index < -0.39 is 0 Å². The van der Waals surface area contributed by atoms with Crippen molar-refractivity contribution in [2.24, 2.45) is 0 Å². The van der Waals surface area contributed by atoms with Crippen LogP contribution in [-0.2, 0) is 0 Å². The molecule has 0 atom stereocenters. The predicted octanol–water partition coefficient (Wildman–Crippen LogP) is 20.9. The number of para-hydroxylation sites is 12. The Morgan fingerprint density at radius 2 is 0.614 bits per heavy atom. The second kappa shape index (κ2) is 23.4. The van der Waals surface area contributed by atoms with Gasteiger partial charge in [0.1, 0.15) is 26.7 Å². The Morgan fingerprint density at radius 3 is 1.05 bits per heavy atom. The fourth-order valence-electron chi connectivity index (χ4n) is 11.0. The topological polar surface area (TPSA) is 124 Å². The predicted molar refractivity (Wildman–Crippen MR) is 358 cm³/mol. The Bertz CT molecular complexity index is 4490. The maximum atomic E-state index is 6.39. The summed E-state index contributed by atoms with van der Waals surface area (Å²) < 4.78 is 20.0. The zero-order valence-electron chi connectivity index (χ0n) is 46.6. The van der Waals surface area contributed by atoms with Gasteiger partial charge in [0.25, 0.3) is 0 Å². The highest BCUT2D eigenvalue weighted by Gasteiger charge is 2.33. The molecular weight excluding hydrogens is 1220 g/mol. The van der Waals surface area contributed by atoms with Crippen molar-refractivity contribution in [1.29, 1.82) is 0 Å². The highest BCUT2D eigenvalue weighted by atomic mass is 79.9. The summed E-state index contributed by atoms with van der Waals surface area (Å²) in [6.45, 7) is 0. The summed E-state index contributed by atoms with van der Waals surface area (Å²) in [7, 11) is 0. The summed E-state index contributed by atoms with van der Waals surface area (Å²) in [5.41, 5.74) is 16.4. The van der Waals surface area contributed by atoms with Crippen molar-refractivity contribution >= 4 is 99.6 Å². The van der Waals surface area contributed by atoms with Crippen molar-refractivity contribution in [3.8, 4) is 79.5 Å². The van der Waals surface area contributed by atoms with Gasteiger partial charge in [-0.15, -0.1) is 0 Å². The normalized spacial score (nSPS) is 12.1. The van der Waals surface area contributed by atoms with E-state index in [-0.39, 0.29) is 0 Å². The van der Waals surface area contributed by atoms with E-state index in [2.05, 4.69) is 88.4 Å². The van der Waals surface area contributed by atoms with Crippen LogP contribution >= 0.6 is 31.9 Å². The Morgan fingerprint density at radius 1 is 0.284 bits per heavy atom. The Labute approximate surface area is 523 Å². The van der Waals surface area contributed by atoms with Gasteiger partial charge in [-0.05, 0) is 105 Å². The summed E-state index contributed by atoms with van der Waals surface area (Å²) in [5, 5.41) is 3.32. The third kappa shape index (κ3) is 10.1. The molecule has 14 aromatic rings. The minimum Gasteiger partial charge on any atom is -0.453 e. The van der Waals surface area contributed by atoms with Gasteiger partial charge in [-0.3, -0.25) is 9.80 Å². The molecule has 12 nitrogen and oxygen atoms in total. The third-order valence-electron chi connectivity index (χ3n) is 15.0. The van der Waals surface area contributed by atoms with Gasteiger partial charge in [0, 0.05) is 28.5 Å². The van der Waals surface area contributed by atoms with Gasteiger partial charge >= 0.3 is 0 Å². The molecule has 88 heavy (non-hydrogen) atoms. The number of nitrogens with one attached hydrogen (secondary N) is 1. The molecule has 0 aliphatic carbocycles. The van der Waals surface area contributed by atoms with Gasteiger partial charge < -0.3 is 19.5 Å². The highest BCUT2D eigenvalue weighted by Crippen LogP contribution is 2.55. The molecule has 0 radical (unpaired) electrons. The third-order valence-corrected chi connectivity index (χ3v) is 16.2. The van der Waals surface area contributed by atoms with Gasteiger partial charge in [-0.2, -0.15) is 0 Å². The van der Waals surface area contributed by atoms with Crippen LogP contribution in [0.1, 0.15) is 0 Å². The van der Waals surface area contributed by atoms with Crippen LogP contribution in [0.25, 0.3) is 67.1 Å². The molecule has 3 aliphatic rings. The van der Waals surface area contributed by atoms with Gasteiger partial charge in [0.15, 0.2) is 40.3 Å².